The Balaban J connectivity index is 1.90. The summed E-state index contributed by atoms with van der Waals surface area (Å²) >= 11 is 6.41. The molecule has 0 aromatic heterocycles. The Kier molecular flexibility index (Phi) is 8.68. The number of benzene rings is 2. The smallest absolute Gasteiger partial charge is 0.317 e. The van der Waals surface area contributed by atoms with Crippen LogP contribution in [0.5, 0.6) is 5.75 Å². The monoisotopic (exact) mass is 472 g/mol. The molecule has 1 N–H and O–H groups in total. The van der Waals surface area contributed by atoms with Gasteiger partial charge in [-0.2, -0.15) is 5.10 Å². The first-order chi connectivity index (χ1) is 16.0. The van der Waals surface area contributed by atoms with Crippen molar-refractivity contribution >= 4 is 29.3 Å². The van der Waals surface area contributed by atoms with Gasteiger partial charge in [0.1, 0.15) is 12.3 Å². The summed E-state index contributed by atoms with van der Waals surface area (Å²) in [5.41, 5.74) is 2.42. The van der Waals surface area contributed by atoms with Crippen LogP contribution in [0.15, 0.2) is 53.6 Å². The number of hydrazone groups is 1. The van der Waals surface area contributed by atoms with Crippen molar-refractivity contribution in [3.8, 4) is 5.75 Å². The number of halogens is 1. The van der Waals surface area contributed by atoms with Crippen LogP contribution < -0.4 is 10.1 Å². The van der Waals surface area contributed by atoms with E-state index in [1.807, 2.05) is 49.4 Å². The van der Waals surface area contributed by atoms with Crippen LogP contribution in [-0.2, 0) is 9.53 Å². The lowest BCUT2D eigenvalue weighted by atomic mass is 9.98. The molecule has 3 amide bonds. The minimum atomic E-state index is -0.326. The fourth-order valence-electron chi connectivity index (χ4n) is 3.64. The average Bonchev–Trinajstić information content (AvgIpc) is 3.27. The van der Waals surface area contributed by atoms with Crippen LogP contribution in [0.2, 0.25) is 5.02 Å². The van der Waals surface area contributed by atoms with Gasteiger partial charge in [0, 0.05) is 37.2 Å². The molecule has 2 aromatic carbocycles. The van der Waals surface area contributed by atoms with Gasteiger partial charge in [0.15, 0.2) is 0 Å². The second kappa shape index (κ2) is 11.7. The molecule has 0 bridgehead atoms. The topological polar surface area (TPSA) is 83.5 Å². The second-order valence-electron chi connectivity index (χ2n) is 7.51. The lowest BCUT2D eigenvalue weighted by Gasteiger charge is -2.27. The van der Waals surface area contributed by atoms with Gasteiger partial charge in [-0.05, 0) is 30.7 Å². The number of ether oxygens (including phenoxy) is 2. The molecule has 0 spiro atoms. The van der Waals surface area contributed by atoms with Gasteiger partial charge < -0.3 is 19.7 Å². The number of rotatable bonds is 9. The number of hydrogen-bond donors (Lipinski definition) is 1. The molecule has 2 aromatic rings. The zero-order chi connectivity index (χ0) is 23.8. The van der Waals surface area contributed by atoms with Crippen molar-refractivity contribution in [1.82, 2.24) is 15.2 Å². The summed E-state index contributed by atoms with van der Waals surface area (Å²) in [6.45, 7) is 2.77. The summed E-state index contributed by atoms with van der Waals surface area (Å²) in [5.74, 6) is 0.434. The van der Waals surface area contributed by atoms with Crippen molar-refractivity contribution in [2.45, 2.75) is 19.4 Å². The molecule has 0 radical (unpaired) electrons. The van der Waals surface area contributed by atoms with E-state index in [4.69, 9.17) is 21.1 Å². The van der Waals surface area contributed by atoms with Gasteiger partial charge in [0.2, 0.25) is 0 Å². The number of nitrogens with zero attached hydrogens (tertiary/aromatic N) is 3. The van der Waals surface area contributed by atoms with Crippen LogP contribution in [0.4, 0.5) is 4.79 Å². The molecule has 1 aliphatic rings. The van der Waals surface area contributed by atoms with E-state index >= 15 is 0 Å². The lowest BCUT2D eigenvalue weighted by molar-refractivity contribution is -0.133. The molecule has 0 saturated carbocycles. The van der Waals surface area contributed by atoms with Crippen molar-refractivity contribution in [3.63, 3.8) is 0 Å². The summed E-state index contributed by atoms with van der Waals surface area (Å²) in [5, 5.41) is 9.43. The van der Waals surface area contributed by atoms with Gasteiger partial charge in [0.05, 0.1) is 25.5 Å². The average molecular weight is 473 g/mol. The molecule has 1 atom stereocenters. The van der Waals surface area contributed by atoms with Crippen LogP contribution >= 0.6 is 11.6 Å². The van der Waals surface area contributed by atoms with Gasteiger partial charge in [-0.3, -0.25) is 4.79 Å². The predicted octanol–water partition coefficient (Wildman–Crippen LogP) is 3.70. The third kappa shape index (κ3) is 6.03. The van der Waals surface area contributed by atoms with Gasteiger partial charge in [-0.1, -0.05) is 41.9 Å². The van der Waals surface area contributed by atoms with Crippen molar-refractivity contribution in [3.05, 3.63) is 64.7 Å². The van der Waals surface area contributed by atoms with Crippen molar-refractivity contribution in [1.29, 1.82) is 0 Å². The fraction of sp³-hybridized carbons (Fsp3) is 0.375. The molecule has 3 rings (SSSR count). The summed E-state index contributed by atoms with van der Waals surface area (Å²) in [6.07, 6.45) is 0.501. The van der Waals surface area contributed by atoms with E-state index in [1.165, 1.54) is 9.91 Å². The first kappa shape index (κ1) is 24.5. The molecule has 9 heteroatoms. The van der Waals surface area contributed by atoms with Crippen LogP contribution in [-0.4, -0.2) is 68.0 Å². The summed E-state index contributed by atoms with van der Waals surface area (Å²) < 4.78 is 10.4. The highest BCUT2D eigenvalue weighted by Crippen LogP contribution is 2.35. The Morgan fingerprint density at radius 2 is 1.91 bits per heavy atom. The van der Waals surface area contributed by atoms with Crippen LogP contribution in [0, 0.1) is 0 Å². The second-order valence-corrected chi connectivity index (χ2v) is 7.91. The Hall–Kier alpha value is -3.10. The minimum absolute atomic E-state index is 0.124. The maximum absolute atomic E-state index is 13.4. The van der Waals surface area contributed by atoms with Crippen molar-refractivity contribution in [2.75, 3.05) is 40.5 Å². The fourth-order valence-corrected chi connectivity index (χ4v) is 3.88. The molecular weight excluding hydrogens is 444 g/mol. The Morgan fingerprint density at radius 3 is 2.55 bits per heavy atom. The van der Waals surface area contributed by atoms with Crippen LogP contribution in [0.3, 0.4) is 0 Å². The van der Waals surface area contributed by atoms with Crippen LogP contribution in [0.1, 0.15) is 30.5 Å². The zero-order valence-electron chi connectivity index (χ0n) is 19.1. The first-order valence-corrected chi connectivity index (χ1v) is 11.2. The van der Waals surface area contributed by atoms with E-state index in [0.717, 1.165) is 22.6 Å². The van der Waals surface area contributed by atoms with E-state index in [2.05, 4.69) is 10.4 Å². The molecule has 0 aliphatic carbocycles. The molecule has 176 valence electrons. The lowest BCUT2D eigenvalue weighted by Crippen LogP contribution is -2.47. The minimum Gasteiger partial charge on any atom is -0.497 e. The van der Waals surface area contributed by atoms with E-state index in [-0.39, 0.29) is 31.1 Å². The number of hydrogen-bond acceptors (Lipinski definition) is 5. The maximum Gasteiger partial charge on any atom is 0.317 e. The third-order valence-electron chi connectivity index (χ3n) is 5.36. The van der Waals surface area contributed by atoms with Gasteiger partial charge in [0.25, 0.3) is 5.91 Å². The van der Waals surface area contributed by atoms with Gasteiger partial charge in [-0.25, -0.2) is 9.80 Å². The number of nitrogens with one attached hydrogen (secondary N) is 1. The number of methoxy groups -OCH3 is 2. The Labute approximate surface area is 199 Å². The van der Waals surface area contributed by atoms with Gasteiger partial charge in [-0.15, -0.1) is 0 Å². The number of carbonyl (C=O) groups excluding carboxylic acids is 2. The molecule has 8 nitrogen and oxygen atoms in total. The molecule has 1 unspecified atom stereocenters. The standard InChI is InChI=1S/C24H29ClN4O4/c1-4-26-24(31)28(13-14-32-2)16-23(30)29-22(17-9-11-18(33-3)12-10-17)15-21(27-29)19-7-5-6-8-20(19)25/h5-12,22H,4,13-16H2,1-3H3,(H,26,31). The summed E-state index contributed by atoms with van der Waals surface area (Å²) in [6, 6.07) is 14.3. The highest BCUT2D eigenvalue weighted by atomic mass is 35.5. The molecular formula is C24H29ClN4O4. The van der Waals surface area contributed by atoms with E-state index < -0.39 is 0 Å². The SMILES string of the molecule is CCNC(=O)N(CCOC)CC(=O)N1N=C(c2ccccc2Cl)CC1c1ccc(OC)cc1. The highest BCUT2D eigenvalue weighted by Gasteiger charge is 2.34. The van der Waals surface area contributed by atoms with Crippen molar-refractivity contribution < 1.29 is 19.1 Å². The first-order valence-electron chi connectivity index (χ1n) is 10.8. The quantitative estimate of drug-likeness (QED) is 0.603. The molecule has 33 heavy (non-hydrogen) atoms. The Bertz CT molecular complexity index is 996. The molecule has 1 aliphatic heterocycles. The van der Waals surface area contributed by atoms with E-state index in [9.17, 15) is 9.59 Å². The largest absolute Gasteiger partial charge is 0.497 e. The highest BCUT2D eigenvalue weighted by molar-refractivity contribution is 6.34. The summed E-state index contributed by atoms with van der Waals surface area (Å²) in [4.78, 5) is 27.3. The number of carbonyl (C=O) groups is 2. The molecule has 0 fully saturated rings. The number of amides is 3. The predicted molar refractivity (Wildman–Crippen MR) is 128 cm³/mol. The van der Waals surface area contributed by atoms with E-state index in [1.54, 1.807) is 20.3 Å². The normalized spacial score (nSPS) is 15.2. The molecule has 0 saturated heterocycles. The maximum atomic E-state index is 13.4. The Morgan fingerprint density at radius 1 is 1.18 bits per heavy atom. The van der Waals surface area contributed by atoms with Crippen molar-refractivity contribution in [2.24, 2.45) is 5.10 Å². The van der Waals surface area contributed by atoms with Gasteiger partial charge >= 0.3 is 6.03 Å². The van der Waals surface area contributed by atoms with Crippen LogP contribution in [0.25, 0.3) is 0 Å². The number of urea groups is 1. The zero-order valence-corrected chi connectivity index (χ0v) is 19.8. The van der Waals surface area contributed by atoms with E-state index in [0.29, 0.717) is 24.6 Å². The molecule has 1 heterocycles. The summed E-state index contributed by atoms with van der Waals surface area (Å²) in [7, 11) is 3.16. The third-order valence-corrected chi connectivity index (χ3v) is 5.69.